The fourth-order valence-corrected chi connectivity index (χ4v) is 2.45. The third-order valence-electron chi connectivity index (χ3n) is 3.61. The first kappa shape index (κ1) is 17.2. The molecule has 2 aromatic rings. The Hall–Kier alpha value is -2.14. The lowest BCUT2D eigenvalue weighted by molar-refractivity contribution is -0.115. The number of carbonyl (C=O) groups is 2. The number of nitrogens with one attached hydrogen (secondary N) is 2. The molecule has 0 atom stereocenters. The standard InChI is InChI=1S/C18H19BrN2O2/c1-4-17(22)20-15-6-5-7-16(12(15)3)21-18(23)13-9-8-11(2)14(19)10-13/h5-10H,4H2,1-3H3,(H,20,22)(H,21,23). The molecule has 5 heteroatoms. The highest BCUT2D eigenvalue weighted by Gasteiger charge is 2.11. The van der Waals surface area contributed by atoms with Gasteiger partial charge in [0.05, 0.1) is 0 Å². The molecule has 0 unspecified atom stereocenters. The number of hydrogen-bond acceptors (Lipinski definition) is 2. The van der Waals surface area contributed by atoms with Gasteiger partial charge < -0.3 is 10.6 Å². The van der Waals surface area contributed by atoms with Crippen LogP contribution in [0.25, 0.3) is 0 Å². The number of anilines is 2. The molecule has 0 aliphatic rings. The van der Waals surface area contributed by atoms with E-state index in [-0.39, 0.29) is 11.8 Å². The SMILES string of the molecule is CCC(=O)Nc1cccc(NC(=O)c2ccc(C)c(Br)c2)c1C. The molecule has 2 rings (SSSR count). The summed E-state index contributed by atoms with van der Waals surface area (Å²) in [6.07, 6.45) is 0.410. The van der Waals surface area contributed by atoms with Crippen molar-refractivity contribution in [2.45, 2.75) is 27.2 Å². The summed E-state index contributed by atoms with van der Waals surface area (Å²) in [5, 5.41) is 5.73. The van der Waals surface area contributed by atoms with Crippen LogP contribution >= 0.6 is 15.9 Å². The van der Waals surface area contributed by atoms with Gasteiger partial charge in [0.2, 0.25) is 5.91 Å². The van der Waals surface area contributed by atoms with Crippen LogP contribution in [0.1, 0.15) is 34.8 Å². The van der Waals surface area contributed by atoms with Gasteiger partial charge in [0, 0.05) is 27.8 Å². The van der Waals surface area contributed by atoms with Crippen molar-refractivity contribution < 1.29 is 9.59 Å². The highest BCUT2D eigenvalue weighted by Crippen LogP contribution is 2.25. The number of benzene rings is 2. The fourth-order valence-electron chi connectivity index (χ4n) is 2.07. The first-order valence-corrected chi connectivity index (χ1v) is 8.18. The summed E-state index contributed by atoms with van der Waals surface area (Å²) < 4.78 is 0.894. The first-order valence-electron chi connectivity index (χ1n) is 7.39. The van der Waals surface area contributed by atoms with Gasteiger partial charge in [0.1, 0.15) is 0 Å². The Bertz CT molecular complexity index is 757. The van der Waals surface area contributed by atoms with E-state index in [0.29, 0.717) is 23.4 Å². The maximum atomic E-state index is 12.4. The number of rotatable bonds is 4. The third-order valence-corrected chi connectivity index (χ3v) is 4.47. The highest BCUT2D eigenvalue weighted by molar-refractivity contribution is 9.10. The predicted octanol–water partition coefficient (Wildman–Crippen LogP) is 4.67. The second kappa shape index (κ2) is 7.42. The van der Waals surface area contributed by atoms with Crippen molar-refractivity contribution in [3.8, 4) is 0 Å². The molecule has 0 radical (unpaired) electrons. The molecule has 2 N–H and O–H groups in total. The minimum absolute atomic E-state index is 0.0564. The summed E-state index contributed by atoms with van der Waals surface area (Å²) in [4.78, 5) is 24.0. The number of carbonyl (C=O) groups excluding carboxylic acids is 2. The lowest BCUT2D eigenvalue weighted by Gasteiger charge is -2.13. The van der Waals surface area contributed by atoms with Gasteiger partial charge in [-0.25, -0.2) is 0 Å². The monoisotopic (exact) mass is 374 g/mol. The molecule has 23 heavy (non-hydrogen) atoms. The van der Waals surface area contributed by atoms with E-state index < -0.39 is 0 Å². The number of aryl methyl sites for hydroxylation is 1. The maximum Gasteiger partial charge on any atom is 0.255 e. The van der Waals surface area contributed by atoms with E-state index in [0.717, 1.165) is 15.6 Å². The van der Waals surface area contributed by atoms with Crippen LogP contribution < -0.4 is 10.6 Å². The minimum Gasteiger partial charge on any atom is -0.326 e. The molecule has 0 saturated heterocycles. The molecule has 0 heterocycles. The number of amides is 2. The van der Waals surface area contributed by atoms with Crippen molar-refractivity contribution >= 4 is 39.1 Å². The summed E-state index contributed by atoms with van der Waals surface area (Å²) in [5.74, 6) is -0.244. The van der Waals surface area contributed by atoms with Crippen LogP contribution in [0.15, 0.2) is 40.9 Å². The van der Waals surface area contributed by atoms with Crippen molar-refractivity contribution in [2.24, 2.45) is 0 Å². The van der Waals surface area contributed by atoms with Crippen molar-refractivity contribution in [3.05, 3.63) is 57.6 Å². The van der Waals surface area contributed by atoms with Crippen LogP contribution in [0.3, 0.4) is 0 Å². The Balaban J connectivity index is 2.22. The predicted molar refractivity (Wildman–Crippen MR) is 96.9 cm³/mol. The van der Waals surface area contributed by atoms with Gasteiger partial charge in [0.25, 0.3) is 5.91 Å². The average molecular weight is 375 g/mol. The van der Waals surface area contributed by atoms with Gasteiger partial charge in [-0.15, -0.1) is 0 Å². The largest absolute Gasteiger partial charge is 0.326 e. The zero-order valence-electron chi connectivity index (χ0n) is 13.4. The van der Waals surface area contributed by atoms with Crippen LogP contribution in [0.4, 0.5) is 11.4 Å². The van der Waals surface area contributed by atoms with Gasteiger partial charge >= 0.3 is 0 Å². The molecule has 0 fully saturated rings. The number of halogens is 1. The van der Waals surface area contributed by atoms with E-state index in [4.69, 9.17) is 0 Å². The van der Waals surface area contributed by atoms with Crippen LogP contribution in [0.2, 0.25) is 0 Å². The van der Waals surface area contributed by atoms with E-state index in [2.05, 4.69) is 26.6 Å². The van der Waals surface area contributed by atoms with Gasteiger partial charge in [-0.1, -0.05) is 35.0 Å². The van der Waals surface area contributed by atoms with Crippen molar-refractivity contribution in [2.75, 3.05) is 10.6 Å². The van der Waals surface area contributed by atoms with E-state index in [1.807, 2.05) is 32.0 Å². The second-order valence-electron chi connectivity index (χ2n) is 5.30. The molecule has 0 aliphatic carbocycles. The van der Waals surface area contributed by atoms with Crippen molar-refractivity contribution in [3.63, 3.8) is 0 Å². The first-order chi connectivity index (χ1) is 10.9. The van der Waals surface area contributed by atoms with Crippen LogP contribution in [-0.4, -0.2) is 11.8 Å². The molecule has 0 bridgehead atoms. The third kappa shape index (κ3) is 4.20. The summed E-state index contributed by atoms with van der Waals surface area (Å²) in [6.45, 7) is 5.63. The van der Waals surface area contributed by atoms with E-state index in [1.165, 1.54) is 0 Å². The molecular weight excluding hydrogens is 356 g/mol. The lowest BCUT2D eigenvalue weighted by atomic mass is 10.1. The highest BCUT2D eigenvalue weighted by atomic mass is 79.9. The lowest BCUT2D eigenvalue weighted by Crippen LogP contribution is -2.15. The van der Waals surface area contributed by atoms with Gasteiger partial charge in [0.15, 0.2) is 0 Å². The Labute approximate surface area is 144 Å². The van der Waals surface area contributed by atoms with Gasteiger partial charge in [-0.05, 0) is 49.2 Å². The zero-order chi connectivity index (χ0) is 17.0. The molecule has 0 aliphatic heterocycles. The number of hydrogen-bond donors (Lipinski definition) is 2. The van der Waals surface area contributed by atoms with Crippen molar-refractivity contribution in [1.82, 2.24) is 0 Å². The fraction of sp³-hybridized carbons (Fsp3) is 0.222. The molecule has 0 saturated carbocycles. The van der Waals surface area contributed by atoms with Gasteiger partial charge in [-0.3, -0.25) is 9.59 Å². The van der Waals surface area contributed by atoms with Crippen LogP contribution in [0, 0.1) is 13.8 Å². The molecule has 120 valence electrons. The van der Waals surface area contributed by atoms with E-state index in [1.54, 1.807) is 25.1 Å². The molecule has 2 aromatic carbocycles. The average Bonchev–Trinajstić information content (AvgIpc) is 2.53. The van der Waals surface area contributed by atoms with E-state index >= 15 is 0 Å². The molecule has 2 amide bonds. The Morgan fingerprint density at radius 2 is 1.70 bits per heavy atom. The van der Waals surface area contributed by atoms with Gasteiger partial charge in [-0.2, -0.15) is 0 Å². The summed E-state index contributed by atoms with van der Waals surface area (Å²) in [5.41, 5.74) is 3.86. The topological polar surface area (TPSA) is 58.2 Å². The smallest absolute Gasteiger partial charge is 0.255 e. The summed E-state index contributed by atoms with van der Waals surface area (Å²) in [7, 11) is 0. The zero-order valence-corrected chi connectivity index (χ0v) is 15.0. The summed E-state index contributed by atoms with van der Waals surface area (Å²) >= 11 is 3.43. The second-order valence-corrected chi connectivity index (χ2v) is 6.15. The Morgan fingerprint density at radius 3 is 2.30 bits per heavy atom. The molecule has 0 aromatic heterocycles. The van der Waals surface area contributed by atoms with E-state index in [9.17, 15) is 9.59 Å². The Morgan fingerprint density at radius 1 is 1.04 bits per heavy atom. The van der Waals surface area contributed by atoms with Crippen LogP contribution in [-0.2, 0) is 4.79 Å². The molecule has 4 nitrogen and oxygen atoms in total. The normalized spacial score (nSPS) is 10.3. The maximum absolute atomic E-state index is 12.4. The summed E-state index contributed by atoms with van der Waals surface area (Å²) in [6, 6.07) is 10.9. The van der Waals surface area contributed by atoms with Crippen LogP contribution in [0.5, 0.6) is 0 Å². The molecule has 0 spiro atoms. The quantitative estimate of drug-likeness (QED) is 0.816. The van der Waals surface area contributed by atoms with Crippen molar-refractivity contribution in [1.29, 1.82) is 0 Å². The Kier molecular flexibility index (Phi) is 5.55. The minimum atomic E-state index is -0.187. The molecular formula is C18H19BrN2O2.